The highest BCUT2D eigenvalue weighted by molar-refractivity contribution is 5.76. The maximum Gasteiger partial charge on any atom is 0.308 e. The first-order valence-electron chi connectivity index (χ1n) is 9.71. The van der Waals surface area contributed by atoms with Gasteiger partial charge in [0.05, 0.1) is 12.5 Å². The van der Waals surface area contributed by atoms with Crippen molar-refractivity contribution >= 4 is 29.5 Å². The third-order valence-corrected chi connectivity index (χ3v) is 4.40. The molecule has 0 aliphatic carbocycles. The molecule has 0 fully saturated rings. The molecule has 1 unspecified atom stereocenters. The van der Waals surface area contributed by atoms with E-state index in [-0.39, 0.29) is 36.7 Å². The summed E-state index contributed by atoms with van der Waals surface area (Å²) >= 11 is 0. The fraction of sp³-hybridized carbons (Fsp3) is 0.227. The van der Waals surface area contributed by atoms with Gasteiger partial charge >= 0.3 is 5.97 Å². The minimum absolute atomic E-state index is 0.0116. The van der Waals surface area contributed by atoms with Crippen LogP contribution < -0.4 is 16.4 Å². The van der Waals surface area contributed by atoms with Crippen LogP contribution in [0.25, 0.3) is 0 Å². The first-order valence-corrected chi connectivity index (χ1v) is 9.71. The second-order valence-electron chi connectivity index (χ2n) is 6.90. The number of anilines is 3. The monoisotopic (exact) mass is 420 g/mol. The van der Waals surface area contributed by atoms with Crippen molar-refractivity contribution in [3.63, 3.8) is 0 Å². The molecule has 1 aromatic heterocycles. The zero-order valence-electron chi connectivity index (χ0n) is 17.3. The second kappa shape index (κ2) is 10.1. The van der Waals surface area contributed by atoms with Crippen molar-refractivity contribution in [2.24, 2.45) is 0 Å². The SMILES string of the molecule is CC(=O)NC(CC(=O)OCc1nc(N)nc(Nc2ccccc2C)n1)c1ccccc1. The number of nitrogens with one attached hydrogen (secondary N) is 2. The molecule has 3 aromatic rings. The number of aryl methyl sites for hydroxylation is 1. The minimum atomic E-state index is -0.505. The zero-order valence-corrected chi connectivity index (χ0v) is 17.3. The van der Waals surface area contributed by atoms with Crippen molar-refractivity contribution < 1.29 is 14.3 Å². The van der Waals surface area contributed by atoms with Crippen LogP contribution >= 0.6 is 0 Å². The largest absolute Gasteiger partial charge is 0.457 e. The summed E-state index contributed by atoms with van der Waals surface area (Å²) in [6, 6.07) is 16.4. The Balaban J connectivity index is 1.64. The quantitative estimate of drug-likeness (QED) is 0.474. The second-order valence-corrected chi connectivity index (χ2v) is 6.90. The number of esters is 1. The third-order valence-electron chi connectivity index (χ3n) is 4.40. The Morgan fingerprint density at radius 3 is 2.45 bits per heavy atom. The summed E-state index contributed by atoms with van der Waals surface area (Å²) in [5.74, 6) is -0.257. The van der Waals surface area contributed by atoms with Crippen molar-refractivity contribution in [2.45, 2.75) is 32.9 Å². The summed E-state index contributed by atoms with van der Waals surface area (Å²) < 4.78 is 5.32. The fourth-order valence-corrected chi connectivity index (χ4v) is 2.95. The van der Waals surface area contributed by atoms with Gasteiger partial charge in [-0.3, -0.25) is 9.59 Å². The van der Waals surface area contributed by atoms with Gasteiger partial charge in [-0.25, -0.2) is 0 Å². The lowest BCUT2D eigenvalue weighted by Gasteiger charge is -2.17. The Bertz CT molecular complexity index is 1060. The lowest BCUT2D eigenvalue weighted by molar-refractivity contribution is -0.146. The van der Waals surface area contributed by atoms with Gasteiger partial charge in [0.15, 0.2) is 12.4 Å². The number of nitrogens with two attached hydrogens (primary N) is 1. The first kappa shape index (κ1) is 21.7. The van der Waals surface area contributed by atoms with Crippen LogP contribution in [0.2, 0.25) is 0 Å². The number of amides is 1. The molecule has 1 heterocycles. The number of carbonyl (C=O) groups excluding carboxylic acids is 2. The summed E-state index contributed by atoms with van der Waals surface area (Å²) in [7, 11) is 0. The number of hydrogen-bond donors (Lipinski definition) is 3. The van der Waals surface area contributed by atoms with E-state index in [1.165, 1.54) is 6.92 Å². The van der Waals surface area contributed by atoms with Gasteiger partial charge in [-0.05, 0) is 24.1 Å². The molecule has 3 rings (SSSR count). The Morgan fingerprint density at radius 1 is 1.03 bits per heavy atom. The number of nitrogen functional groups attached to an aromatic ring is 1. The maximum atomic E-state index is 12.4. The number of benzene rings is 2. The van der Waals surface area contributed by atoms with E-state index in [4.69, 9.17) is 10.5 Å². The average molecular weight is 420 g/mol. The molecule has 9 heteroatoms. The van der Waals surface area contributed by atoms with Gasteiger partial charge in [-0.1, -0.05) is 48.5 Å². The molecule has 0 saturated carbocycles. The van der Waals surface area contributed by atoms with Crippen LogP contribution in [-0.2, 0) is 20.9 Å². The summed E-state index contributed by atoms with van der Waals surface area (Å²) in [6.45, 7) is 3.18. The predicted molar refractivity (Wildman–Crippen MR) is 116 cm³/mol. The zero-order chi connectivity index (χ0) is 22.2. The molecular weight excluding hydrogens is 396 g/mol. The number of rotatable bonds is 8. The van der Waals surface area contributed by atoms with Crippen molar-refractivity contribution in [3.05, 3.63) is 71.5 Å². The van der Waals surface area contributed by atoms with Crippen LogP contribution in [0, 0.1) is 6.92 Å². The molecule has 2 aromatic carbocycles. The molecule has 0 radical (unpaired) electrons. The lowest BCUT2D eigenvalue weighted by atomic mass is 10.0. The summed E-state index contributed by atoms with van der Waals surface area (Å²) in [5, 5.41) is 5.85. The van der Waals surface area contributed by atoms with Crippen molar-refractivity contribution in [3.8, 4) is 0 Å². The number of aromatic nitrogens is 3. The number of carbonyl (C=O) groups is 2. The van der Waals surface area contributed by atoms with E-state index < -0.39 is 12.0 Å². The van der Waals surface area contributed by atoms with E-state index in [0.29, 0.717) is 0 Å². The van der Waals surface area contributed by atoms with Crippen LogP contribution in [0.4, 0.5) is 17.6 Å². The van der Waals surface area contributed by atoms with E-state index in [0.717, 1.165) is 16.8 Å². The van der Waals surface area contributed by atoms with Gasteiger partial charge < -0.3 is 21.1 Å². The molecule has 9 nitrogen and oxygen atoms in total. The standard InChI is InChI=1S/C22H24N6O3/c1-14-8-6-7-11-17(14)25-22-27-19(26-21(23)28-22)13-31-20(30)12-18(24-15(2)29)16-9-4-3-5-10-16/h3-11,18H,12-13H2,1-2H3,(H,24,29)(H3,23,25,26,27,28). The first-order chi connectivity index (χ1) is 14.9. The Labute approximate surface area is 180 Å². The minimum Gasteiger partial charge on any atom is -0.457 e. The molecule has 0 aliphatic rings. The van der Waals surface area contributed by atoms with E-state index in [9.17, 15) is 9.59 Å². The normalized spacial score (nSPS) is 11.4. The topological polar surface area (TPSA) is 132 Å². The van der Waals surface area contributed by atoms with Gasteiger partial charge in [-0.2, -0.15) is 15.0 Å². The Kier molecular flexibility index (Phi) is 7.10. The van der Waals surface area contributed by atoms with E-state index in [1.54, 1.807) is 0 Å². The number of ether oxygens (including phenoxy) is 1. The lowest BCUT2D eigenvalue weighted by Crippen LogP contribution is -2.28. The molecule has 31 heavy (non-hydrogen) atoms. The van der Waals surface area contributed by atoms with Gasteiger partial charge in [0.25, 0.3) is 0 Å². The Morgan fingerprint density at radius 2 is 1.74 bits per heavy atom. The summed E-state index contributed by atoms with van der Waals surface area (Å²) in [4.78, 5) is 36.3. The molecule has 0 saturated heterocycles. The molecular formula is C22H24N6O3. The maximum absolute atomic E-state index is 12.4. The Hall–Kier alpha value is -4.01. The van der Waals surface area contributed by atoms with Gasteiger partial charge in [-0.15, -0.1) is 0 Å². The van der Waals surface area contributed by atoms with Gasteiger partial charge in [0, 0.05) is 12.6 Å². The van der Waals surface area contributed by atoms with Gasteiger partial charge in [0.1, 0.15) is 0 Å². The van der Waals surface area contributed by atoms with Crippen molar-refractivity contribution in [2.75, 3.05) is 11.1 Å². The summed E-state index contributed by atoms with van der Waals surface area (Å²) in [5.41, 5.74) is 8.43. The molecule has 4 N–H and O–H groups in total. The van der Waals surface area contributed by atoms with Crippen LogP contribution in [0.15, 0.2) is 54.6 Å². The third kappa shape index (κ3) is 6.49. The molecule has 0 bridgehead atoms. The molecule has 0 spiro atoms. The summed E-state index contributed by atoms with van der Waals surface area (Å²) in [6.07, 6.45) is -0.0293. The molecule has 160 valence electrons. The highest BCUT2D eigenvalue weighted by Gasteiger charge is 2.18. The van der Waals surface area contributed by atoms with Crippen molar-refractivity contribution in [1.82, 2.24) is 20.3 Å². The van der Waals surface area contributed by atoms with E-state index in [1.807, 2.05) is 61.5 Å². The highest BCUT2D eigenvalue weighted by Crippen LogP contribution is 2.19. The smallest absolute Gasteiger partial charge is 0.308 e. The van der Waals surface area contributed by atoms with Gasteiger partial charge in [0.2, 0.25) is 17.8 Å². The molecule has 0 aliphatic heterocycles. The number of hydrogen-bond acceptors (Lipinski definition) is 8. The van der Waals surface area contributed by atoms with Crippen LogP contribution in [0.1, 0.15) is 36.3 Å². The van der Waals surface area contributed by atoms with Crippen LogP contribution in [0.3, 0.4) is 0 Å². The molecule has 1 amide bonds. The van der Waals surface area contributed by atoms with Crippen LogP contribution in [0.5, 0.6) is 0 Å². The van der Waals surface area contributed by atoms with Crippen molar-refractivity contribution in [1.29, 1.82) is 0 Å². The van der Waals surface area contributed by atoms with Crippen LogP contribution in [-0.4, -0.2) is 26.8 Å². The molecule has 1 atom stereocenters. The average Bonchev–Trinajstić information content (AvgIpc) is 2.73. The highest BCUT2D eigenvalue weighted by atomic mass is 16.5. The number of para-hydroxylation sites is 1. The number of nitrogens with zero attached hydrogens (tertiary/aromatic N) is 3. The van der Waals surface area contributed by atoms with E-state index >= 15 is 0 Å². The fourth-order valence-electron chi connectivity index (χ4n) is 2.95. The predicted octanol–water partition coefficient (Wildman–Crippen LogP) is 2.82. The van der Waals surface area contributed by atoms with E-state index in [2.05, 4.69) is 25.6 Å².